The Morgan fingerprint density at radius 1 is 0.926 bits per heavy atom. The summed E-state index contributed by atoms with van der Waals surface area (Å²) in [7, 11) is 0. The van der Waals surface area contributed by atoms with Gasteiger partial charge >= 0.3 is 5.97 Å². The van der Waals surface area contributed by atoms with E-state index in [2.05, 4.69) is 0 Å². The van der Waals surface area contributed by atoms with Crippen LogP contribution in [0.3, 0.4) is 0 Å². The predicted octanol–water partition coefficient (Wildman–Crippen LogP) is 4.08. The molecule has 27 heavy (non-hydrogen) atoms. The van der Waals surface area contributed by atoms with Crippen molar-refractivity contribution < 1.29 is 27.9 Å². The molecule has 0 fully saturated rings. The van der Waals surface area contributed by atoms with E-state index in [1.54, 1.807) is 6.07 Å². The van der Waals surface area contributed by atoms with Crippen LogP contribution in [0.4, 0.5) is 8.78 Å². The van der Waals surface area contributed by atoms with Gasteiger partial charge in [-0.15, -0.1) is 0 Å². The number of aliphatic carboxylic acids is 1. The second-order valence-corrected chi connectivity index (χ2v) is 5.48. The lowest BCUT2D eigenvalue weighted by Gasteiger charge is -2.07. The Morgan fingerprint density at radius 3 is 2.22 bits per heavy atom. The van der Waals surface area contributed by atoms with Crippen molar-refractivity contribution in [1.82, 2.24) is 5.32 Å². The van der Waals surface area contributed by atoms with Crippen molar-refractivity contribution in [3.05, 3.63) is 89.3 Å². The first-order valence-electron chi connectivity index (χ1n) is 7.81. The van der Waals surface area contributed by atoms with Crippen LogP contribution in [0.25, 0.3) is 17.4 Å². The highest BCUT2D eigenvalue weighted by Crippen LogP contribution is 2.23. The number of hydrogen-bond acceptors (Lipinski definition) is 3. The average molecular weight is 369 g/mol. The Labute approximate surface area is 152 Å². The minimum atomic E-state index is -1.49. The minimum Gasteiger partial charge on any atom is -0.477 e. The lowest BCUT2D eigenvalue weighted by molar-refractivity contribution is -0.132. The molecule has 0 bridgehead atoms. The summed E-state index contributed by atoms with van der Waals surface area (Å²) in [5, 5.41) is 11.3. The third-order valence-electron chi connectivity index (χ3n) is 3.64. The number of furan rings is 1. The molecule has 2 N–H and O–H groups in total. The smallest absolute Gasteiger partial charge is 0.352 e. The molecule has 3 rings (SSSR count). The van der Waals surface area contributed by atoms with Crippen LogP contribution in [0.1, 0.15) is 16.1 Å². The van der Waals surface area contributed by atoms with Crippen molar-refractivity contribution in [2.45, 2.75) is 0 Å². The maximum atomic E-state index is 13.7. The summed E-state index contributed by atoms with van der Waals surface area (Å²) in [6.45, 7) is 0. The highest BCUT2D eigenvalue weighted by Gasteiger charge is 2.20. The summed E-state index contributed by atoms with van der Waals surface area (Å²) < 4.78 is 32.9. The van der Waals surface area contributed by atoms with E-state index in [0.29, 0.717) is 5.76 Å². The zero-order chi connectivity index (χ0) is 19.4. The summed E-state index contributed by atoms with van der Waals surface area (Å²) in [6.07, 6.45) is 1.06. The molecule has 0 unspecified atom stereocenters. The van der Waals surface area contributed by atoms with Crippen LogP contribution in [0.2, 0.25) is 0 Å². The zero-order valence-electron chi connectivity index (χ0n) is 13.8. The molecule has 0 saturated heterocycles. The van der Waals surface area contributed by atoms with Crippen LogP contribution in [-0.4, -0.2) is 17.0 Å². The topological polar surface area (TPSA) is 79.5 Å². The van der Waals surface area contributed by atoms with E-state index in [9.17, 15) is 23.5 Å². The molecule has 0 aliphatic carbocycles. The van der Waals surface area contributed by atoms with Gasteiger partial charge < -0.3 is 14.8 Å². The largest absolute Gasteiger partial charge is 0.477 e. The molecule has 1 aromatic heterocycles. The Kier molecular flexibility index (Phi) is 5.12. The average Bonchev–Trinajstić information content (AvgIpc) is 3.10. The second-order valence-electron chi connectivity index (χ2n) is 5.48. The number of nitrogens with one attached hydrogen (secondary N) is 1. The van der Waals surface area contributed by atoms with E-state index < -0.39 is 34.8 Å². The number of rotatable bonds is 5. The van der Waals surface area contributed by atoms with Crippen LogP contribution in [0, 0.1) is 11.6 Å². The molecule has 136 valence electrons. The Hall–Kier alpha value is -3.74. The normalized spacial score (nSPS) is 11.3. The standard InChI is InChI=1S/C20H13F2NO4/c21-14-7-4-8-15(22)18(14)19(24)23-16(20(25)26)11-13-9-10-17(27-13)12-5-2-1-3-6-12/h1-11H,(H,23,24)(H,25,26)/b16-11-. The van der Waals surface area contributed by atoms with E-state index in [4.69, 9.17) is 4.42 Å². The molecule has 0 radical (unpaired) electrons. The van der Waals surface area contributed by atoms with Gasteiger partial charge in [-0.25, -0.2) is 13.6 Å². The molecule has 3 aromatic rings. The van der Waals surface area contributed by atoms with E-state index in [1.807, 2.05) is 35.6 Å². The Morgan fingerprint density at radius 2 is 1.59 bits per heavy atom. The van der Waals surface area contributed by atoms with E-state index in [1.165, 1.54) is 6.07 Å². The minimum absolute atomic E-state index is 0.153. The van der Waals surface area contributed by atoms with Gasteiger partial charge in [0.15, 0.2) is 0 Å². The number of carbonyl (C=O) groups is 2. The van der Waals surface area contributed by atoms with Gasteiger partial charge in [0.1, 0.15) is 34.4 Å². The fourth-order valence-corrected chi connectivity index (χ4v) is 2.38. The van der Waals surface area contributed by atoms with Gasteiger partial charge in [-0.3, -0.25) is 4.79 Å². The van der Waals surface area contributed by atoms with Crippen molar-refractivity contribution >= 4 is 18.0 Å². The molecule has 5 nitrogen and oxygen atoms in total. The number of benzene rings is 2. The van der Waals surface area contributed by atoms with Crippen LogP contribution in [0.5, 0.6) is 0 Å². The molecule has 0 aliphatic rings. The third kappa shape index (κ3) is 4.09. The molecule has 1 heterocycles. The number of amides is 1. The fourth-order valence-electron chi connectivity index (χ4n) is 2.38. The molecule has 0 atom stereocenters. The summed E-state index contributed by atoms with van der Waals surface area (Å²) in [5.74, 6) is -4.24. The van der Waals surface area contributed by atoms with Crippen molar-refractivity contribution in [3.63, 3.8) is 0 Å². The molecular formula is C20H13F2NO4. The molecule has 7 heteroatoms. The first-order valence-corrected chi connectivity index (χ1v) is 7.81. The van der Waals surface area contributed by atoms with Crippen molar-refractivity contribution in [3.8, 4) is 11.3 Å². The van der Waals surface area contributed by atoms with Crippen LogP contribution in [-0.2, 0) is 4.79 Å². The van der Waals surface area contributed by atoms with E-state index >= 15 is 0 Å². The van der Waals surface area contributed by atoms with Gasteiger partial charge in [-0.1, -0.05) is 36.4 Å². The van der Waals surface area contributed by atoms with Crippen molar-refractivity contribution in [2.24, 2.45) is 0 Å². The zero-order valence-corrected chi connectivity index (χ0v) is 13.8. The van der Waals surface area contributed by atoms with Gasteiger partial charge in [0, 0.05) is 11.6 Å². The van der Waals surface area contributed by atoms with Crippen molar-refractivity contribution in [1.29, 1.82) is 0 Å². The highest BCUT2D eigenvalue weighted by molar-refractivity contribution is 6.02. The monoisotopic (exact) mass is 369 g/mol. The molecule has 0 spiro atoms. The molecule has 2 aromatic carbocycles. The quantitative estimate of drug-likeness (QED) is 0.664. The van der Waals surface area contributed by atoms with Crippen molar-refractivity contribution in [2.75, 3.05) is 0 Å². The van der Waals surface area contributed by atoms with Gasteiger partial charge in [-0.2, -0.15) is 0 Å². The highest BCUT2D eigenvalue weighted by atomic mass is 19.1. The lowest BCUT2D eigenvalue weighted by Crippen LogP contribution is -2.28. The van der Waals surface area contributed by atoms with Crippen LogP contribution < -0.4 is 5.32 Å². The number of carboxylic acids is 1. The lowest BCUT2D eigenvalue weighted by atomic mass is 10.1. The Bertz CT molecular complexity index is 1010. The Balaban J connectivity index is 1.87. The summed E-state index contributed by atoms with van der Waals surface area (Å²) in [5.41, 5.74) is -0.669. The molecule has 0 aliphatic heterocycles. The molecule has 1 amide bonds. The maximum Gasteiger partial charge on any atom is 0.352 e. The van der Waals surface area contributed by atoms with E-state index in [0.717, 1.165) is 29.8 Å². The second kappa shape index (κ2) is 7.65. The third-order valence-corrected chi connectivity index (χ3v) is 3.64. The number of carboxylic acid groups (broad SMARTS) is 1. The summed E-state index contributed by atoms with van der Waals surface area (Å²) in [6, 6.07) is 15.2. The predicted molar refractivity (Wildman–Crippen MR) is 93.6 cm³/mol. The van der Waals surface area contributed by atoms with Crippen LogP contribution in [0.15, 0.2) is 70.8 Å². The SMILES string of the molecule is O=C(O)/C(=C/c1ccc(-c2ccccc2)o1)NC(=O)c1c(F)cccc1F. The summed E-state index contributed by atoms with van der Waals surface area (Å²) in [4.78, 5) is 23.5. The number of halogens is 2. The van der Waals surface area contributed by atoms with Gasteiger partial charge in [0.2, 0.25) is 0 Å². The maximum absolute atomic E-state index is 13.7. The first kappa shape index (κ1) is 18.1. The number of hydrogen-bond donors (Lipinski definition) is 2. The van der Waals surface area contributed by atoms with Crippen LogP contribution >= 0.6 is 0 Å². The fraction of sp³-hybridized carbons (Fsp3) is 0. The molecular weight excluding hydrogens is 356 g/mol. The van der Waals surface area contributed by atoms with Gasteiger partial charge in [0.05, 0.1) is 0 Å². The van der Waals surface area contributed by atoms with Gasteiger partial charge in [0.25, 0.3) is 5.91 Å². The summed E-state index contributed by atoms with van der Waals surface area (Å²) >= 11 is 0. The number of carbonyl (C=O) groups excluding carboxylic acids is 1. The van der Waals surface area contributed by atoms with E-state index in [-0.39, 0.29) is 5.76 Å². The molecule has 0 saturated carbocycles. The first-order chi connectivity index (χ1) is 13.0. The van der Waals surface area contributed by atoms with Gasteiger partial charge in [-0.05, 0) is 24.3 Å².